The maximum atomic E-state index is 12.0. The second kappa shape index (κ2) is 6.89. The van der Waals surface area contributed by atoms with Gasteiger partial charge in [-0.2, -0.15) is 0 Å². The second-order valence-electron chi connectivity index (χ2n) is 4.07. The summed E-state index contributed by atoms with van der Waals surface area (Å²) in [4.78, 5) is 45.5. The maximum Gasteiger partial charge on any atom is 0.337 e. The molecule has 0 unspecified atom stereocenters. The third kappa shape index (κ3) is 4.82. The van der Waals surface area contributed by atoms with Crippen LogP contribution in [-0.4, -0.2) is 46.9 Å². The Bertz CT molecular complexity index is 571. The van der Waals surface area contributed by atoms with E-state index in [4.69, 9.17) is 16.6 Å². The van der Waals surface area contributed by atoms with Gasteiger partial charge in [-0.15, -0.1) is 0 Å². The van der Waals surface area contributed by atoms with Crippen molar-refractivity contribution < 1.29 is 24.3 Å². The van der Waals surface area contributed by atoms with Crippen LogP contribution < -0.4 is 16.8 Å². The largest absolute Gasteiger partial charge is 0.478 e. The Balaban J connectivity index is 2.93. The number of carboxylic acid groups (broad SMARTS) is 1. The second-order valence-corrected chi connectivity index (χ2v) is 4.07. The summed E-state index contributed by atoms with van der Waals surface area (Å²) >= 11 is 0. The van der Waals surface area contributed by atoms with E-state index in [1.54, 1.807) is 0 Å². The topological polar surface area (TPSA) is 156 Å². The van der Waals surface area contributed by atoms with Gasteiger partial charge in [-0.1, -0.05) is 12.1 Å². The van der Waals surface area contributed by atoms with E-state index in [2.05, 4.69) is 5.32 Å². The molecule has 1 aromatic carbocycles. The van der Waals surface area contributed by atoms with Crippen molar-refractivity contribution in [1.82, 2.24) is 4.90 Å². The Hall–Kier alpha value is -3.10. The summed E-state index contributed by atoms with van der Waals surface area (Å²) < 4.78 is 0. The van der Waals surface area contributed by atoms with Crippen LogP contribution in [0.5, 0.6) is 0 Å². The molecule has 1 aromatic rings. The zero-order valence-electron chi connectivity index (χ0n) is 10.9. The van der Waals surface area contributed by atoms with E-state index in [1.807, 2.05) is 0 Å². The monoisotopic (exact) mass is 294 g/mol. The summed E-state index contributed by atoms with van der Waals surface area (Å²) in [5.41, 5.74) is 9.83. The van der Waals surface area contributed by atoms with Crippen LogP contribution in [0.15, 0.2) is 24.3 Å². The lowest BCUT2D eigenvalue weighted by molar-refractivity contribution is -0.120. The molecule has 9 heteroatoms. The zero-order valence-corrected chi connectivity index (χ0v) is 10.9. The number of nitrogens with zero attached hydrogens (tertiary/aromatic N) is 1. The number of urea groups is 1. The van der Waals surface area contributed by atoms with Crippen molar-refractivity contribution in [2.75, 3.05) is 18.4 Å². The molecule has 112 valence electrons. The predicted octanol–water partition coefficient (Wildman–Crippen LogP) is -0.811. The minimum Gasteiger partial charge on any atom is -0.478 e. The van der Waals surface area contributed by atoms with E-state index in [1.165, 1.54) is 24.3 Å². The fourth-order valence-corrected chi connectivity index (χ4v) is 1.55. The Labute approximate surface area is 119 Å². The van der Waals surface area contributed by atoms with Gasteiger partial charge in [-0.05, 0) is 12.1 Å². The molecular weight excluding hydrogens is 280 g/mol. The minimum atomic E-state index is -1.23. The summed E-state index contributed by atoms with van der Waals surface area (Å²) in [7, 11) is 0. The highest BCUT2D eigenvalue weighted by Gasteiger charge is 2.20. The van der Waals surface area contributed by atoms with Crippen LogP contribution in [0.25, 0.3) is 0 Å². The molecule has 0 bridgehead atoms. The summed E-state index contributed by atoms with van der Waals surface area (Å²) in [6.07, 6.45) is 0. The number of rotatable bonds is 6. The van der Waals surface area contributed by atoms with Crippen LogP contribution >= 0.6 is 0 Å². The van der Waals surface area contributed by atoms with Crippen molar-refractivity contribution in [1.29, 1.82) is 0 Å². The molecule has 0 saturated heterocycles. The first-order valence-corrected chi connectivity index (χ1v) is 5.76. The number of carbonyl (C=O) groups is 4. The van der Waals surface area contributed by atoms with Crippen LogP contribution in [0.3, 0.4) is 0 Å². The van der Waals surface area contributed by atoms with Gasteiger partial charge in [-0.25, -0.2) is 9.59 Å². The molecule has 0 aliphatic rings. The normalized spacial score (nSPS) is 9.71. The number of carboxylic acids is 1. The van der Waals surface area contributed by atoms with Gasteiger partial charge >= 0.3 is 12.0 Å². The molecule has 1 rings (SSSR count). The van der Waals surface area contributed by atoms with Crippen molar-refractivity contribution in [2.45, 2.75) is 0 Å². The van der Waals surface area contributed by atoms with Crippen molar-refractivity contribution in [3.05, 3.63) is 29.8 Å². The Kier molecular flexibility index (Phi) is 5.24. The first-order chi connectivity index (χ1) is 9.81. The highest BCUT2D eigenvalue weighted by molar-refractivity contribution is 6.01. The van der Waals surface area contributed by atoms with E-state index in [9.17, 15) is 19.2 Å². The molecular formula is C12H14N4O5. The molecule has 0 radical (unpaired) electrons. The van der Waals surface area contributed by atoms with Crippen LogP contribution in [0.2, 0.25) is 0 Å². The predicted molar refractivity (Wildman–Crippen MR) is 72.4 cm³/mol. The molecule has 0 fully saturated rings. The molecule has 21 heavy (non-hydrogen) atoms. The van der Waals surface area contributed by atoms with Gasteiger partial charge in [0.1, 0.15) is 13.1 Å². The number of carbonyl (C=O) groups excluding carboxylic acids is 3. The Morgan fingerprint density at radius 3 is 2.05 bits per heavy atom. The lowest BCUT2D eigenvalue weighted by atomic mass is 10.2. The van der Waals surface area contributed by atoms with Crippen LogP contribution in [0.1, 0.15) is 10.4 Å². The first-order valence-electron chi connectivity index (χ1n) is 5.76. The van der Waals surface area contributed by atoms with Gasteiger partial charge in [-0.3, -0.25) is 9.59 Å². The summed E-state index contributed by atoms with van der Waals surface area (Å²) in [6.45, 7) is -1.05. The smallest absolute Gasteiger partial charge is 0.337 e. The molecule has 9 nitrogen and oxygen atoms in total. The Morgan fingerprint density at radius 1 is 1.05 bits per heavy atom. The van der Waals surface area contributed by atoms with E-state index in [0.29, 0.717) is 0 Å². The van der Waals surface area contributed by atoms with Crippen molar-refractivity contribution in [2.24, 2.45) is 11.5 Å². The molecule has 4 amide bonds. The van der Waals surface area contributed by atoms with Crippen molar-refractivity contribution in [3.63, 3.8) is 0 Å². The van der Waals surface area contributed by atoms with Gasteiger partial charge in [0, 0.05) is 0 Å². The minimum absolute atomic E-state index is 0.0222. The molecule has 0 saturated carbocycles. The third-order valence-corrected chi connectivity index (χ3v) is 2.38. The molecule has 0 aromatic heterocycles. The number of aromatic carboxylic acids is 1. The molecule has 6 N–H and O–H groups in total. The standard InChI is InChI=1S/C12H14N4O5/c13-9(17)5-16(6-10(14)18)12(21)15-8-4-2-1-3-7(8)11(19)20/h1-4H,5-6H2,(H2,13,17)(H2,14,18)(H,15,21)(H,19,20). The van der Waals surface area contributed by atoms with E-state index in [0.717, 1.165) is 4.90 Å². The number of hydrogen-bond acceptors (Lipinski definition) is 4. The lowest BCUT2D eigenvalue weighted by Gasteiger charge is -2.20. The number of hydrogen-bond donors (Lipinski definition) is 4. The number of benzene rings is 1. The van der Waals surface area contributed by atoms with Crippen LogP contribution in [0, 0.1) is 0 Å². The number of para-hydroxylation sites is 1. The van der Waals surface area contributed by atoms with E-state index < -0.39 is 36.9 Å². The van der Waals surface area contributed by atoms with E-state index >= 15 is 0 Å². The first kappa shape index (κ1) is 16.0. The third-order valence-electron chi connectivity index (χ3n) is 2.38. The van der Waals surface area contributed by atoms with Gasteiger partial charge < -0.3 is 26.8 Å². The van der Waals surface area contributed by atoms with Crippen LogP contribution in [0.4, 0.5) is 10.5 Å². The summed E-state index contributed by atoms with van der Waals surface area (Å²) in [5, 5.41) is 11.3. The average Bonchev–Trinajstić information content (AvgIpc) is 2.37. The van der Waals surface area contributed by atoms with E-state index in [-0.39, 0.29) is 11.3 Å². The van der Waals surface area contributed by atoms with Gasteiger partial charge in [0.25, 0.3) is 0 Å². The van der Waals surface area contributed by atoms with Gasteiger partial charge in [0.2, 0.25) is 11.8 Å². The lowest BCUT2D eigenvalue weighted by Crippen LogP contribution is -2.45. The molecule has 0 atom stereocenters. The SMILES string of the molecule is NC(=O)CN(CC(N)=O)C(=O)Nc1ccccc1C(=O)O. The summed E-state index contributed by atoms with van der Waals surface area (Å²) in [5.74, 6) is -2.90. The van der Waals surface area contributed by atoms with Gasteiger partial charge in [0.15, 0.2) is 0 Å². The molecule has 0 aliphatic carbocycles. The highest BCUT2D eigenvalue weighted by Crippen LogP contribution is 2.15. The van der Waals surface area contributed by atoms with Crippen molar-refractivity contribution >= 4 is 29.5 Å². The number of primary amides is 2. The number of nitrogens with one attached hydrogen (secondary N) is 1. The number of anilines is 1. The number of nitrogens with two attached hydrogens (primary N) is 2. The van der Waals surface area contributed by atoms with Gasteiger partial charge in [0.05, 0.1) is 11.3 Å². The Morgan fingerprint density at radius 2 is 1.57 bits per heavy atom. The zero-order chi connectivity index (χ0) is 16.0. The van der Waals surface area contributed by atoms with Crippen molar-refractivity contribution in [3.8, 4) is 0 Å². The summed E-state index contributed by atoms with van der Waals surface area (Å²) in [6, 6.07) is 4.82. The molecule has 0 aliphatic heterocycles. The average molecular weight is 294 g/mol. The fourth-order valence-electron chi connectivity index (χ4n) is 1.55. The number of amides is 4. The quantitative estimate of drug-likeness (QED) is 0.539. The molecule has 0 spiro atoms. The van der Waals surface area contributed by atoms with Crippen LogP contribution in [-0.2, 0) is 9.59 Å². The highest BCUT2D eigenvalue weighted by atomic mass is 16.4. The molecule has 0 heterocycles. The maximum absolute atomic E-state index is 12.0. The fraction of sp³-hybridized carbons (Fsp3) is 0.167.